The third kappa shape index (κ3) is 3.05. The van der Waals surface area contributed by atoms with Crippen LogP contribution in [0.25, 0.3) is 10.9 Å². The third-order valence-electron chi connectivity index (χ3n) is 3.70. The number of carbonyl (C=O) groups excluding carboxylic acids is 1. The number of benzene rings is 1. The van der Waals surface area contributed by atoms with Crippen LogP contribution in [0.5, 0.6) is 0 Å². The van der Waals surface area contributed by atoms with E-state index in [1.165, 1.54) is 6.20 Å². The molecule has 3 rings (SSSR count). The molecule has 4 nitrogen and oxygen atoms in total. The molecule has 0 amide bonds. The second-order valence-electron chi connectivity index (χ2n) is 5.30. The molecule has 1 aromatic carbocycles. The van der Waals surface area contributed by atoms with Gasteiger partial charge in [0.05, 0.1) is 12.1 Å². The Balaban J connectivity index is 2.18. The molecule has 2 aromatic rings. The SMILES string of the molecule is CCOC(=O)c1cn(C[C]2[CH][CH][CH][CH]2)c2cc(F)c(F)cc2c1=O. The van der Waals surface area contributed by atoms with Crippen molar-refractivity contribution < 1.29 is 18.3 Å². The lowest BCUT2D eigenvalue weighted by atomic mass is 10.1. The highest BCUT2D eigenvalue weighted by Gasteiger charge is 2.22. The minimum absolute atomic E-state index is 0.0639. The Morgan fingerprint density at radius 1 is 1.17 bits per heavy atom. The quantitative estimate of drug-likeness (QED) is 0.810. The summed E-state index contributed by atoms with van der Waals surface area (Å²) in [5, 5.41) is -0.0639. The first-order valence-corrected chi connectivity index (χ1v) is 7.41. The zero-order chi connectivity index (χ0) is 17.3. The van der Waals surface area contributed by atoms with Gasteiger partial charge < -0.3 is 9.30 Å². The molecule has 6 heteroatoms. The lowest BCUT2D eigenvalue weighted by Crippen LogP contribution is -2.22. The average molecular weight is 330 g/mol. The fourth-order valence-corrected chi connectivity index (χ4v) is 2.59. The van der Waals surface area contributed by atoms with Crippen LogP contribution in [-0.4, -0.2) is 17.1 Å². The summed E-state index contributed by atoms with van der Waals surface area (Å²) in [5.74, 6) is -2.08. The molecule has 0 spiro atoms. The van der Waals surface area contributed by atoms with Crippen LogP contribution in [0.1, 0.15) is 17.3 Å². The molecule has 1 saturated carbocycles. The van der Waals surface area contributed by atoms with Gasteiger partial charge in [0, 0.05) is 30.1 Å². The van der Waals surface area contributed by atoms with E-state index in [1.54, 1.807) is 11.5 Å². The minimum atomic E-state index is -1.14. The molecule has 0 N–H and O–H groups in total. The summed E-state index contributed by atoms with van der Waals surface area (Å²) in [6.07, 6.45) is 8.72. The standard InChI is InChI=1S/C18H14F2NO3/c1-2-24-18(23)13-10-21(9-11-5-3-4-6-11)16-8-15(20)14(19)7-12(16)17(13)22/h3-8,10H,2,9H2,1H3. The summed E-state index contributed by atoms with van der Waals surface area (Å²) in [4.78, 5) is 24.5. The van der Waals surface area contributed by atoms with Crippen LogP contribution in [-0.2, 0) is 11.3 Å². The minimum Gasteiger partial charge on any atom is -0.462 e. The number of halogens is 2. The van der Waals surface area contributed by atoms with E-state index in [9.17, 15) is 18.4 Å². The highest BCUT2D eigenvalue weighted by molar-refractivity contribution is 5.93. The van der Waals surface area contributed by atoms with Crippen LogP contribution in [0.2, 0.25) is 0 Å². The maximum Gasteiger partial charge on any atom is 0.343 e. The van der Waals surface area contributed by atoms with Crippen LogP contribution in [0, 0.1) is 43.2 Å². The molecule has 1 aliphatic rings. The van der Waals surface area contributed by atoms with Gasteiger partial charge in [-0.1, -0.05) is 0 Å². The van der Waals surface area contributed by atoms with E-state index < -0.39 is 23.0 Å². The maximum atomic E-state index is 13.6. The Hall–Kier alpha value is -2.24. The highest BCUT2D eigenvalue weighted by atomic mass is 19.2. The highest BCUT2D eigenvalue weighted by Crippen LogP contribution is 2.26. The molecule has 0 atom stereocenters. The van der Waals surface area contributed by atoms with Crippen molar-refractivity contribution in [3.05, 3.63) is 77.4 Å². The van der Waals surface area contributed by atoms with Gasteiger partial charge in [-0.15, -0.1) is 0 Å². The lowest BCUT2D eigenvalue weighted by Gasteiger charge is -2.16. The summed E-state index contributed by atoms with van der Waals surface area (Å²) < 4.78 is 33.6. The lowest BCUT2D eigenvalue weighted by molar-refractivity contribution is 0.0524. The number of aromatic nitrogens is 1. The molecule has 1 fully saturated rings. The van der Waals surface area contributed by atoms with Gasteiger partial charge in [-0.05, 0) is 38.7 Å². The van der Waals surface area contributed by atoms with Crippen molar-refractivity contribution in [2.75, 3.05) is 6.61 Å². The van der Waals surface area contributed by atoms with E-state index in [-0.39, 0.29) is 23.1 Å². The van der Waals surface area contributed by atoms with Crippen molar-refractivity contribution in [2.45, 2.75) is 13.5 Å². The molecule has 0 saturated heterocycles. The number of hydrogen-bond donors (Lipinski definition) is 0. The molecule has 5 radical (unpaired) electrons. The van der Waals surface area contributed by atoms with Crippen molar-refractivity contribution >= 4 is 16.9 Å². The second-order valence-corrected chi connectivity index (χ2v) is 5.30. The van der Waals surface area contributed by atoms with Crippen LogP contribution in [0.15, 0.2) is 23.1 Å². The monoisotopic (exact) mass is 330 g/mol. The first kappa shape index (κ1) is 16.6. The smallest absolute Gasteiger partial charge is 0.343 e. The van der Waals surface area contributed by atoms with Crippen molar-refractivity contribution in [3.8, 4) is 0 Å². The van der Waals surface area contributed by atoms with Gasteiger partial charge in [0.1, 0.15) is 5.56 Å². The zero-order valence-corrected chi connectivity index (χ0v) is 12.9. The van der Waals surface area contributed by atoms with Crippen LogP contribution in [0.4, 0.5) is 8.78 Å². The number of carbonyl (C=O) groups is 1. The van der Waals surface area contributed by atoms with Gasteiger partial charge in [0.15, 0.2) is 11.6 Å². The number of esters is 1. The van der Waals surface area contributed by atoms with E-state index in [4.69, 9.17) is 4.74 Å². The number of ether oxygens (including phenoxy) is 1. The van der Waals surface area contributed by atoms with E-state index in [0.29, 0.717) is 6.54 Å². The Labute approximate surface area is 138 Å². The largest absolute Gasteiger partial charge is 0.462 e. The average Bonchev–Trinajstić information content (AvgIpc) is 3.05. The molecule has 1 aromatic heterocycles. The maximum absolute atomic E-state index is 13.6. The van der Waals surface area contributed by atoms with Crippen molar-refractivity contribution in [1.29, 1.82) is 0 Å². The van der Waals surface area contributed by atoms with Gasteiger partial charge in [0.25, 0.3) is 0 Å². The number of hydrogen-bond acceptors (Lipinski definition) is 3. The van der Waals surface area contributed by atoms with Gasteiger partial charge in [0.2, 0.25) is 5.43 Å². The fourth-order valence-electron chi connectivity index (χ4n) is 2.59. The van der Waals surface area contributed by atoms with Crippen LogP contribution in [0.3, 0.4) is 0 Å². The molecule has 0 bridgehead atoms. The van der Waals surface area contributed by atoms with E-state index in [2.05, 4.69) is 0 Å². The number of pyridine rings is 1. The number of rotatable bonds is 4. The molecule has 123 valence electrons. The normalized spacial score (nSPS) is 15.1. The van der Waals surface area contributed by atoms with Gasteiger partial charge in [-0.25, -0.2) is 13.6 Å². The van der Waals surface area contributed by atoms with Crippen LogP contribution >= 0.6 is 0 Å². The molecule has 1 heterocycles. The van der Waals surface area contributed by atoms with Gasteiger partial charge in [-0.2, -0.15) is 0 Å². The Morgan fingerprint density at radius 2 is 1.83 bits per heavy atom. The first-order chi connectivity index (χ1) is 11.5. The summed E-state index contributed by atoms with van der Waals surface area (Å²) in [6.45, 7) is 2.04. The number of fused-ring (bicyclic) bond motifs is 1. The third-order valence-corrected chi connectivity index (χ3v) is 3.70. The van der Waals surface area contributed by atoms with E-state index in [0.717, 1.165) is 18.1 Å². The van der Waals surface area contributed by atoms with E-state index >= 15 is 0 Å². The topological polar surface area (TPSA) is 48.3 Å². The van der Waals surface area contributed by atoms with E-state index in [1.807, 2.05) is 25.7 Å². The molecule has 1 aliphatic carbocycles. The van der Waals surface area contributed by atoms with Crippen LogP contribution < -0.4 is 5.43 Å². The predicted molar refractivity (Wildman–Crippen MR) is 84.5 cm³/mol. The predicted octanol–water partition coefficient (Wildman–Crippen LogP) is 2.86. The summed E-state index contributed by atoms with van der Waals surface area (Å²) in [5.41, 5.74) is -0.670. The Morgan fingerprint density at radius 3 is 2.50 bits per heavy atom. The zero-order valence-electron chi connectivity index (χ0n) is 12.9. The molecular formula is C18H14F2NO3. The van der Waals surface area contributed by atoms with Crippen molar-refractivity contribution in [2.24, 2.45) is 0 Å². The second kappa shape index (κ2) is 6.71. The summed E-state index contributed by atoms with van der Waals surface area (Å²) in [6, 6.07) is 1.78. The first-order valence-electron chi connectivity index (χ1n) is 7.41. The molecule has 0 unspecified atom stereocenters. The molecular weight excluding hydrogens is 316 g/mol. The number of nitrogens with zero attached hydrogens (tertiary/aromatic N) is 1. The Bertz CT molecular complexity index is 838. The molecule has 0 aliphatic heterocycles. The fraction of sp³-hybridized carbons (Fsp3) is 0.167. The van der Waals surface area contributed by atoms with Crippen molar-refractivity contribution in [1.82, 2.24) is 4.57 Å². The summed E-state index contributed by atoms with van der Waals surface area (Å²) in [7, 11) is 0. The Kier molecular flexibility index (Phi) is 4.64. The summed E-state index contributed by atoms with van der Waals surface area (Å²) >= 11 is 0. The van der Waals surface area contributed by atoms with Gasteiger partial charge >= 0.3 is 5.97 Å². The molecule has 24 heavy (non-hydrogen) atoms. The van der Waals surface area contributed by atoms with Gasteiger partial charge in [-0.3, -0.25) is 4.79 Å². The van der Waals surface area contributed by atoms with Crippen molar-refractivity contribution in [3.63, 3.8) is 0 Å².